The maximum Gasteiger partial charge on any atom is 0.252 e. The second-order valence-corrected chi connectivity index (χ2v) is 12.4. The van der Waals surface area contributed by atoms with Gasteiger partial charge in [0.1, 0.15) is 0 Å². The zero-order valence-corrected chi connectivity index (χ0v) is 26.4. The molecule has 0 bridgehead atoms. The van der Waals surface area contributed by atoms with E-state index in [1.807, 2.05) is 109 Å². The van der Waals surface area contributed by atoms with E-state index in [0.29, 0.717) is 32.6 Å². The molecule has 0 radical (unpaired) electrons. The number of pyridine rings is 2. The summed E-state index contributed by atoms with van der Waals surface area (Å²) in [6.07, 6.45) is 3.00. The quantitative estimate of drug-likeness (QED) is 0.190. The van der Waals surface area contributed by atoms with Crippen LogP contribution in [0.15, 0.2) is 109 Å². The third kappa shape index (κ3) is 6.06. The molecule has 1 saturated carbocycles. The molecule has 2 N–H and O–H groups in total. The third-order valence-electron chi connectivity index (χ3n) is 8.62. The summed E-state index contributed by atoms with van der Waals surface area (Å²) in [5, 5.41) is 9.24. The highest BCUT2D eigenvalue weighted by Gasteiger charge is 2.26. The van der Waals surface area contributed by atoms with Gasteiger partial charge in [-0.05, 0) is 62.1 Å². The Kier molecular flexibility index (Phi) is 8.39. The van der Waals surface area contributed by atoms with Gasteiger partial charge in [-0.2, -0.15) is 0 Å². The van der Waals surface area contributed by atoms with Gasteiger partial charge in [-0.1, -0.05) is 96.0 Å². The van der Waals surface area contributed by atoms with E-state index >= 15 is 0 Å². The van der Waals surface area contributed by atoms with Crippen molar-refractivity contribution in [2.24, 2.45) is 0 Å². The van der Waals surface area contributed by atoms with Crippen LogP contribution in [0.1, 0.15) is 46.4 Å². The van der Waals surface area contributed by atoms with E-state index in [-0.39, 0.29) is 23.9 Å². The van der Waals surface area contributed by atoms with E-state index in [0.717, 1.165) is 58.6 Å². The molecule has 6 nitrogen and oxygen atoms in total. The lowest BCUT2D eigenvalue weighted by molar-refractivity contribution is 0.0893. The van der Waals surface area contributed by atoms with Gasteiger partial charge in [0.2, 0.25) is 0 Å². The number of fused-ring (bicyclic) bond motifs is 2. The molecule has 0 atom stereocenters. The minimum Gasteiger partial charge on any atom is -0.349 e. The number of hydrogen-bond acceptors (Lipinski definition) is 4. The summed E-state index contributed by atoms with van der Waals surface area (Å²) < 4.78 is 0. The van der Waals surface area contributed by atoms with Gasteiger partial charge in [-0.15, -0.1) is 0 Å². The van der Waals surface area contributed by atoms with E-state index in [9.17, 15) is 9.59 Å². The van der Waals surface area contributed by atoms with Crippen LogP contribution in [0.5, 0.6) is 0 Å². The Morgan fingerprint density at radius 3 is 1.33 bits per heavy atom. The fraction of sp³-hybridized carbons (Fsp3) is 0.158. The Hall–Kier alpha value is -4.78. The molecule has 7 rings (SSSR count). The number of carbonyl (C=O) groups is 2. The number of hydrogen-bond donors (Lipinski definition) is 2. The molecule has 2 heterocycles. The van der Waals surface area contributed by atoms with Crippen molar-refractivity contribution in [3.05, 3.63) is 130 Å². The Morgan fingerprint density at radius 2 is 0.913 bits per heavy atom. The molecule has 0 aliphatic heterocycles. The molecule has 1 aliphatic rings. The zero-order valence-electron chi connectivity index (χ0n) is 24.8. The topological polar surface area (TPSA) is 84.0 Å². The molecule has 1 fully saturated rings. The van der Waals surface area contributed by atoms with E-state index < -0.39 is 0 Å². The van der Waals surface area contributed by atoms with Crippen LogP contribution in [0.3, 0.4) is 0 Å². The van der Waals surface area contributed by atoms with Crippen molar-refractivity contribution in [1.29, 1.82) is 0 Å². The third-order valence-corrected chi connectivity index (χ3v) is 9.28. The number of nitrogens with zero attached hydrogens (tertiary/aromatic N) is 2. The molecule has 46 heavy (non-hydrogen) atoms. The van der Waals surface area contributed by atoms with E-state index in [1.165, 1.54) is 0 Å². The monoisotopic (exact) mass is 644 g/mol. The standard InChI is InChI=1S/C38H30Cl2N4O2/c39-31-13-5-1-11-27(31)35-21-29(25-9-3-7-15-33(25)43-35)37(45)41-23-17-19-24(20-18-23)42-38(46)30-22-36(28-12-2-6-14-32(28)40)44-34-16-8-4-10-26(30)34/h1-16,21-24H,17-20H2,(H,41,45)(H,42,46). The smallest absolute Gasteiger partial charge is 0.252 e. The molecule has 0 saturated heterocycles. The zero-order chi connectivity index (χ0) is 31.6. The number of carbonyl (C=O) groups excluding carboxylic acids is 2. The Balaban J connectivity index is 1.06. The predicted molar refractivity (Wildman–Crippen MR) is 185 cm³/mol. The normalized spacial score (nSPS) is 16.3. The van der Waals surface area contributed by atoms with E-state index in [4.69, 9.17) is 33.2 Å². The van der Waals surface area contributed by atoms with Gasteiger partial charge in [-0.3, -0.25) is 9.59 Å². The molecular formula is C38H30Cl2N4O2. The predicted octanol–water partition coefficient (Wildman–Crippen LogP) is 8.89. The summed E-state index contributed by atoms with van der Waals surface area (Å²) in [6.45, 7) is 0. The Morgan fingerprint density at radius 1 is 0.543 bits per heavy atom. The van der Waals surface area contributed by atoms with Crippen molar-refractivity contribution in [2.75, 3.05) is 0 Å². The van der Waals surface area contributed by atoms with Gasteiger partial charge in [0.05, 0.1) is 33.5 Å². The van der Waals surface area contributed by atoms with Crippen LogP contribution in [-0.2, 0) is 0 Å². The second kappa shape index (κ2) is 12.9. The first-order valence-electron chi connectivity index (χ1n) is 15.4. The fourth-order valence-corrected chi connectivity index (χ4v) is 6.71. The summed E-state index contributed by atoms with van der Waals surface area (Å²) in [5.74, 6) is -0.288. The molecule has 6 aromatic rings. The average Bonchev–Trinajstić information content (AvgIpc) is 3.08. The summed E-state index contributed by atoms with van der Waals surface area (Å²) in [4.78, 5) is 36.9. The van der Waals surface area contributed by atoms with Crippen LogP contribution in [0.4, 0.5) is 0 Å². The lowest BCUT2D eigenvalue weighted by Gasteiger charge is -2.30. The second-order valence-electron chi connectivity index (χ2n) is 11.6. The van der Waals surface area contributed by atoms with Crippen LogP contribution in [0.2, 0.25) is 10.0 Å². The van der Waals surface area contributed by atoms with Crippen molar-refractivity contribution in [1.82, 2.24) is 20.6 Å². The fourth-order valence-electron chi connectivity index (χ4n) is 6.25. The number of para-hydroxylation sites is 2. The van der Waals surface area contributed by atoms with E-state index in [1.54, 1.807) is 0 Å². The minimum absolute atomic E-state index is 0.00933. The largest absolute Gasteiger partial charge is 0.349 e. The molecule has 4 aromatic carbocycles. The molecule has 2 aromatic heterocycles. The molecule has 0 unspecified atom stereocenters. The first kappa shape index (κ1) is 29.9. The first-order valence-corrected chi connectivity index (χ1v) is 16.1. The lowest BCUT2D eigenvalue weighted by atomic mass is 9.90. The van der Waals surface area contributed by atoms with Crippen LogP contribution < -0.4 is 10.6 Å². The highest BCUT2D eigenvalue weighted by Crippen LogP contribution is 2.32. The van der Waals surface area contributed by atoms with Crippen LogP contribution in [0.25, 0.3) is 44.3 Å². The summed E-state index contributed by atoms with van der Waals surface area (Å²) in [5.41, 5.74) is 5.46. The van der Waals surface area contributed by atoms with Crippen LogP contribution >= 0.6 is 23.2 Å². The van der Waals surface area contributed by atoms with Crippen molar-refractivity contribution in [3.8, 4) is 22.5 Å². The van der Waals surface area contributed by atoms with Crippen molar-refractivity contribution < 1.29 is 9.59 Å². The van der Waals surface area contributed by atoms with Gasteiger partial charge in [-0.25, -0.2) is 9.97 Å². The van der Waals surface area contributed by atoms with Gasteiger partial charge in [0, 0.05) is 44.0 Å². The molecule has 1 aliphatic carbocycles. The highest BCUT2D eigenvalue weighted by molar-refractivity contribution is 6.33. The van der Waals surface area contributed by atoms with Gasteiger partial charge in [0.15, 0.2) is 0 Å². The summed E-state index contributed by atoms with van der Waals surface area (Å²) in [7, 11) is 0. The molecular weight excluding hydrogens is 615 g/mol. The van der Waals surface area contributed by atoms with Crippen LogP contribution in [-0.4, -0.2) is 33.9 Å². The van der Waals surface area contributed by atoms with Crippen molar-refractivity contribution >= 4 is 56.8 Å². The molecule has 2 amide bonds. The van der Waals surface area contributed by atoms with Crippen molar-refractivity contribution in [3.63, 3.8) is 0 Å². The molecule has 8 heteroatoms. The maximum absolute atomic E-state index is 13.7. The van der Waals surface area contributed by atoms with Crippen molar-refractivity contribution in [2.45, 2.75) is 37.8 Å². The Bertz CT molecular complexity index is 1960. The first-order chi connectivity index (χ1) is 22.4. The molecule has 0 spiro atoms. The van der Waals surface area contributed by atoms with Gasteiger partial charge in [0.25, 0.3) is 11.8 Å². The van der Waals surface area contributed by atoms with Crippen LogP contribution in [0, 0.1) is 0 Å². The minimum atomic E-state index is -0.144. The Labute approximate surface area is 276 Å². The average molecular weight is 646 g/mol. The van der Waals surface area contributed by atoms with E-state index in [2.05, 4.69) is 10.6 Å². The summed E-state index contributed by atoms with van der Waals surface area (Å²) in [6, 6.07) is 33.9. The van der Waals surface area contributed by atoms with Gasteiger partial charge >= 0.3 is 0 Å². The summed E-state index contributed by atoms with van der Waals surface area (Å²) >= 11 is 13.0. The number of halogens is 2. The number of amides is 2. The number of benzene rings is 4. The number of nitrogens with one attached hydrogen (secondary N) is 2. The lowest BCUT2D eigenvalue weighted by Crippen LogP contribution is -2.44. The number of rotatable bonds is 6. The molecule has 228 valence electrons. The maximum atomic E-state index is 13.7. The highest BCUT2D eigenvalue weighted by atomic mass is 35.5. The number of aromatic nitrogens is 2. The SMILES string of the molecule is O=C(NC1CCC(NC(=O)c2cc(-c3ccccc3Cl)nc3ccccc23)CC1)c1cc(-c2ccccc2Cl)nc2ccccc12. The van der Waals surface area contributed by atoms with Gasteiger partial charge < -0.3 is 10.6 Å².